The van der Waals surface area contributed by atoms with E-state index >= 15 is 0 Å². The number of amides is 1. The number of carbonyl (C=O) groups excluding carboxylic acids is 1. The van der Waals surface area contributed by atoms with Crippen LogP contribution in [0.5, 0.6) is 5.88 Å². The number of hydrogen-bond acceptors (Lipinski definition) is 4. The van der Waals surface area contributed by atoms with Crippen LogP contribution in [0.4, 0.5) is 0 Å². The zero-order valence-electron chi connectivity index (χ0n) is 13.2. The number of piperidine rings is 1. The van der Waals surface area contributed by atoms with Gasteiger partial charge >= 0.3 is 0 Å². The van der Waals surface area contributed by atoms with Gasteiger partial charge in [0.2, 0.25) is 5.88 Å². The molecule has 1 aromatic carbocycles. The lowest BCUT2D eigenvalue weighted by Gasteiger charge is -2.31. The molecule has 3 aromatic rings. The highest BCUT2D eigenvalue weighted by atomic mass is 16.5. The van der Waals surface area contributed by atoms with E-state index in [1.54, 1.807) is 24.5 Å². The molecule has 4 rings (SSSR count). The number of aromatic amines is 1. The Labute approximate surface area is 139 Å². The molecule has 2 aromatic heterocycles. The quantitative estimate of drug-likeness (QED) is 0.805. The van der Waals surface area contributed by atoms with Crippen molar-refractivity contribution in [1.82, 2.24) is 20.1 Å². The molecule has 0 saturated carbocycles. The fourth-order valence-corrected chi connectivity index (χ4v) is 3.12. The first kappa shape index (κ1) is 14.7. The molecule has 0 unspecified atom stereocenters. The molecular formula is C18H18N4O2. The second kappa shape index (κ2) is 6.31. The van der Waals surface area contributed by atoms with Gasteiger partial charge in [0.1, 0.15) is 6.10 Å². The van der Waals surface area contributed by atoms with Crippen LogP contribution >= 0.6 is 0 Å². The summed E-state index contributed by atoms with van der Waals surface area (Å²) in [7, 11) is 0. The van der Waals surface area contributed by atoms with Gasteiger partial charge in [0.15, 0.2) is 0 Å². The number of rotatable bonds is 3. The normalized spacial score (nSPS) is 15.6. The van der Waals surface area contributed by atoms with E-state index in [9.17, 15) is 4.79 Å². The molecule has 0 radical (unpaired) electrons. The zero-order valence-corrected chi connectivity index (χ0v) is 13.2. The Morgan fingerprint density at radius 3 is 2.79 bits per heavy atom. The molecule has 24 heavy (non-hydrogen) atoms. The van der Waals surface area contributed by atoms with Crippen LogP contribution in [0.1, 0.15) is 23.2 Å². The van der Waals surface area contributed by atoms with E-state index < -0.39 is 0 Å². The maximum absolute atomic E-state index is 12.8. The number of nitrogens with zero attached hydrogens (tertiary/aromatic N) is 3. The van der Waals surface area contributed by atoms with E-state index in [2.05, 4.69) is 15.2 Å². The number of nitrogens with one attached hydrogen (secondary N) is 1. The van der Waals surface area contributed by atoms with Gasteiger partial charge in [0.25, 0.3) is 5.91 Å². The molecule has 3 heterocycles. The Hall–Kier alpha value is -2.89. The summed E-state index contributed by atoms with van der Waals surface area (Å²) < 4.78 is 5.83. The van der Waals surface area contributed by atoms with Crippen molar-refractivity contribution in [2.24, 2.45) is 0 Å². The Kier molecular flexibility index (Phi) is 3.86. The highest BCUT2D eigenvalue weighted by Gasteiger charge is 2.26. The topological polar surface area (TPSA) is 71.1 Å². The lowest BCUT2D eigenvalue weighted by molar-refractivity contribution is 0.0588. The van der Waals surface area contributed by atoms with Crippen LogP contribution in [0.3, 0.4) is 0 Å². The molecule has 1 aliphatic rings. The minimum Gasteiger partial charge on any atom is -0.473 e. The van der Waals surface area contributed by atoms with Gasteiger partial charge in [-0.15, -0.1) is 5.10 Å². The van der Waals surface area contributed by atoms with Crippen LogP contribution < -0.4 is 4.74 Å². The van der Waals surface area contributed by atoms with Crippen LogP contribution in [-0.4, -0.2) is 45.2 Å². The van der Waals surface area contributed by atoms with Gasteiger partial charge in [-0.05, 0) is 12.1 Å². The molecule has 0 bridgehead atoms. The van der Waals surface area contributed by atoms with Gasteiger partial charge < -0.3 is 14.6 Å². The molecule has 1 saturated heterocycles. The van der Waals surface area contributed by atoms with Crippen LogP contribution in [0.2, 0.25) is 0 Å². The summed E-state index contributed by atoms with van der Waals surface area (Å²) in [6.07, 6.45) is 5.09. The van der Waals surface area contributed by atoms with Crippen LogP contribution in [-0.2, 0) is 0 Å². The fourth-order valence-electron chi connectivity index (χ4n) is 3.12. The average Bonchev–Trinajstić information content (AvgIpc) is 3.07. The van der Waals surface area contributed by atoms with E-state index in [0.717, 1.165) is 29.3 Å². The lowest BCUT2D eigenvalue weighted by Crippen LogP contribution is -2.41. The van der Waals surface area contributed by atoms with E-state index in [1.807, 2.05) is 29.2 Å². The van der Waals surface area contributed by atoms with Crippen molar-refractivity contribution in [1.29, 1.82) is 0 Å². The third kappa shape index (κ3) is 2.82. The summed E-state index contributed by atoms with van der Waals surface area (Å²) in [4.78, 5) is 17.8. The lowest BCUT2D eigenvalue weighted by atomic mass is 10.1. The summed E-state index contributed by atoms with van der Waals surface area (Å²) in [6.45, 7) is 1.37. The fraction of sp³-hybridized carbons (Fsp3) is 0.278. The van der Waals surface area contributed by atoms with Crippen molar-refractivity contribution < 1.29 is 9.53 Å². The van der Waals surface area contributed by atoms with Crippen molar-refractivity contribution in [2.75, 3.05) is 13.1 Å². The Morgan fingerprint density at radius 2 is 2.00 bits per heavy atom. The zero-order chi connectivity index (χ0) is 16.4. The summed E-state index contributed by atoms with van der Waals surface area (Å²) in [5, 5.41) is 8.73. The van der Waals surface area contributed by atoms with Crippen molar-refractivity contribution in [2.45, 2.75) is 18.9 Å². The van der Waals surface area contributed by atoms with Gasteiger partial charge in [-0.2, -0.15) is 5.10 Å². The molecule has 0 atom stereocenters. The number of para-hydroxylation sites is 1. The maximum Gasteiger partial charge on any atom is 0.256 e. The van der Waals surface area contributed by atoms with Crippen molar-refractivity contribution >= 4 is 16.8 Å². The standard InChI is InChI=1S/C18H18N4O2/c23-18(15-12-19-16-5-2-1-4-14(15)16)22-10-7-13(8-11-22)24-17-6-3-9-20-21-17/h1-6,9,12-13,19H,7-8,10-11H2. The molecule has 1 aliphatic heterocycles. The Balaban J connectivity index is 1.41. The number of fused-ring (bicyclic) bond motifs is 1. The highest BCUT2D eigenvalue weighted by Crippen LogP contribution is 2.22. The summed E-state index contributed by atoms with van der Waals surface area (Å²) in [6, 6.07) is 11.5. The van der Waals surface area contributed by atoms with Gasteiger partial charge in [-0.25, -0.2) is 0 Å². The Bertz CT molecular complexity index is 838. The molecule has 122 valence electrons. The molecule has 0 spiro atoms. The van der Waals surface area contributed by atoms with E-state index in [0.29, 0.717) is 19.0 Å². The number of hydrogen-bond donors (Lipinski definition) is 1. The number of H-pyrrole nitrogens is 1. The van der Waals surface area contributed by atoms with Crippen LogP contribution in [0.25, 0.3) is 10.9 Å². The van der Waals surface area contributed by atoms with Crippen molar-refractivity contribution in [3.05, 3.63) is 54.4 Å². The molecule has 6 heteroatoms. The number of aromatic nitrogens is 3. The second-order valence-electron chi connectivity index (χ2n) is 5.92. The number of likely N-dealkylation sites (tertiary alicyclic amines) is 1. The molecule has 1 fully saturated rings. The minimum absolute atomic E-state index is 0.0744. The summed E-state index contributed by atoms with van der Waals surface area (Å²) in [5.41, 5.74) is 1.72. The van der Waals surface area contributed by atoms with Crippen molar-refractivity contribution in [3.63, 3.8) is 0 Å². The van der Waals surface area contributed by atoms with E-state index in [4.69, 9.17) is 4.74 Å². The summed E-state index contributed by atoms with van der Waals surface area (Å²) >= 11 is 0. The molecule has 0 aliphatic carbocycles. The first-order valence-electron chi connectivity index (χ1n) is 8.11. The van der Waals surface area contributed by atoms with E-state index in [1.165, 1.54) is 0 Å². The smallest absolute Gasteiger partial charge is 0.256 e. The highest BCUT2D eigenvalue weighted by molar-refractivity contribution is 6.06. The average molecular weight is 322 g/mol. The van der Waals surface area contributed by atoms with E-state index in [-0.39, 0.29) is 12.0 Å². The number of ether oxygens (including phenoxy) is 1. The first-order valence-corrected chi connectivity index (χ1v) is 8.11. The molecule has 6 nitrogen and oxygen atoms in total. The van der Waals surface area contributed by atoms with Gasteiger partial charge in [0, 0.05) is 55.3 Å². The SMILES string of the molecule is O=C(c1c[nH]c2ccccc12)N1CCC(Oc2cccnn2)CC1. The van der Waals surface area contributed by atoms with Crippen LogP contribution in [0, 0.1) is 0 Å². The molecule has 1 N–H and O–H groups in total. The largest absolute Gasteiger partial charge is 0.473 e. The second-order valence-corrected chi connectivity index (χ2v) is 5.92. The number of carbonyl (C=O) groups is 1. The third-order valence-electron chi connectivity index (χ3n) is 4.38. The molecular weight excluding hydrogens is 304 g/mol. The minimum atomic E-state index is 0.0744. The third-order valence-corrected chi connectivity index (χ3v) is 4.38. The van der Waals surface area contributed by atoms with Crippen molar-refractivity contribution in [3.8, 4) is 5.88 Å². The predicted molar refractivity (Wildman–Crippen MR) is 89.9 cm³/mol. The van der Waals surface area contributed by atoms with Crippen LogP contribution in [0.15, 0.2) is 48.8 Å². The predicted octanol–water partition coefficient (Wildman–Crippen LogP) is 2.64. The van der Waals surface area contributed by atoms with Gasteiger partial charge in [0.05, 0.1) is 5.56 Å². The summed E-state index contributed by atoms with van der Waals surface area (Å²) in [5.74, 6) is 0.615. The Morgan fingerprint density at radius 1 is 1.17 bits per heavy atom. The molecule has 1 amide bonds. The first-order chi connectivity index (χ1) is 11.8. The monoisotopic (exact) mass is 322 g/mol. The maximum atomic E-state index is 12.8. The van der Waals surface area contributed by atoms with Gasteiger partial charge in [-0.3, -0.25) is 4.79 Å². The number of benzene rings is 1. The van der Waals surface area contributed by atoms with Gasteiger partial charge in [-0.1, -0.05) is 18.2 Å².